The number of nitrogens with zero attached hydrogens (tertiary/aromatic N) is 2. The lowest BCUT2D eigenvalue weighted by Gasteiger charge is -2.13. The third-order valence-electron chi connectivity index (χ3n) is 3.50. The van der Waals surface area contributed by atoms with E-state index < -0.39 is 0 Å². The second kappa shape index (κ2) is 7.32. The first-order valence-corrected chi connectivity index (χ1v) is 8.39. The van der Waals surface area contributed by atoms with Crippen LogP contribution in [0.3, 0.4) is 0 Å². The first-order valence-electron chi connectivity index (χ1n) is 7.41. The predicted molar refractivity (Wildman–Crippen MR) is 87.8 cm³/mol. The molecule has 0 bridgehead atoms. The van der Waals surface area contributed by atoms with Gasteiger partial charge in [0.25, 0.3) is 5.24 Å². The second-order valence-electron chi connectivity index (χ2n) is 5.11. The Morgan fingerprint density at radius 2 is 2.17 bits per heavy atom. The quantitative estimate of drug-likeness (QED) is 0.880. The molecular formula is C16H17N3O3S. The maximum Gasteiger partial charge on any atom is 0.281 e. The van der Waals surface area contributed by atoms with Crippen LogP contribution in [-0.4, -0.2) is 39.9 Å². The zero-order valence-electron chi connectivity index (χ0n) is 12.5. The number of carbonyl (C=O) groups is 2. The molecule has 1 aromatic heterocycles. The fourth-order valence-electron chi connectivity index (χ4n) is 2.26. The molecule has 1 saturated heterocycles. The predicted octanol–water partition coefficient (Wildman–Crippen LogP) is 2.52. The van der Waals surface area contributed by atoms with E-state index >= 15 is 0 Å². The molecule has 0 aliphatic carbocycles. The molecule has 0 radical (unpaired) electrons. The van der Waals surface area contributed by atoms with Gasteiger partial charge in [-0.1, -0.05) is 42.1 Å². The minimum absolute atomic E-state index is 0.0537. The topological polar surface area (TPSA) is 75.4 Å². The van der Waals surface area contributed by atoms with Crippen LogP contribution >= 0.6 is 11.8 Å². The normalized spacial score (nSPS) is 14.3. The summed E-state index contributed by atoms with van der Waals surface area (Å²) in [4.78, 5) is 29.1. The Morgan fingerprint density at radius 3 is 2.91 bits per heavy atom. The van der Waals surface area contributed by atoms with Crippen molar-refractivity contribution in [1.82, 2.24) is 15.2 Å². The van der Waals surface area contributed by atoms with E-state index in [1.165, 1.54) is 11.8 Å². The molecule has 23 heavy (non-hydrogen) atoms. The van der Waals surface area contributed by atoms with E-state index in [0.717, 1.165) is 17.9 Å². The Kier molecular flexibility index (Phi) is 4.97. The fraction of sp³-hybridized carbons (Fsp3) is 0.312. The molecule has 1 N–H and O–H groups in total. The van der Waals surface area contributed by atoms with Crippen molar-refractivity contribution < 1.29 is 14.0 Å². The molecule has 7 heteroatoms. The molecule has 3 rings (SSSR count). The Balaban J connectivity index is 1.46. The molecule has 120 valence electrons. The Hall–Kier alpha value is -2.28. The van der Waals surface area contributed by atoms with E-state index in [4.69, 9.17) is 4.42 Å². The number of oxazole rings is 1. The number of nitrogens with one attached hydrogen (secondary N) is 1. The van der Waals surface area contributed by atoms with Crippen molar-refractivity contribution in [3.8, 4) is 11.3 Å². The van der Waals surface area contributed by atoms with Crippen LogP contribution in [0.1, 0.15) is 12.3 Å². The summed E-state index contributed by atoms with van der Waals surface area (Å²) in [7, 11) is 0. The van der Waals surface area contributed by atoms with E-state index in [9.17, 15) is 9.59 Å². The fourth-order valence-corrected chi connectivity index (χ4v) is 3.11. The Labute approximate surface area is 138 Å². The number of carbonyl (C=O) groups excluding carboxylic acids is 2. The van der Waals surface area contributed by atoms with Gasteiger partial charge in [-0.2, -0.15) is 0 Å². The van der Waals surface area contributed by atoms with Gasteiger partial charge < -0.3 is 14.6 Å². The van der Waals surface area contributed by atoms with Crippen LogP contribution in [0.2, 0.25) is 0 Å². The maximum atomic E-state index is 11.8. The molecule has 2 amide bonds. The molecule has 2 aromatic rings. The van der Waals surface area contributed by atoms with Gasteiger partial charge >= 0.3 is 0 Å². The first-order chi connectivity index (χ1) is 11.2. The van der Waals surface area contributed by atoms with Crippen molar-refractivity contribution >= 4 is 22.9 Å². The van der Waals surface area contributed by atoms with Gasteiger partial charge in [0.05, 0.1) is 12.7 Å². The number of benzene rings is 1. The largest absolute Gasteiger partial charge is 0.439 e. The maximum absolute atomic E-state index is 11.8. The van der Waals surface area contributed by atoms with E-state index in [1.807, 2.05) is 30.3 Å². The van der Waals surface area contributed by atoms with Gasteiger partial charge in [0, 0.05) is 30.8 Å². The molecule has 6 nitrogen and oxygen atoms in total. The van der Waals surface area contributed by atoms with Gasteiger partial charge in [0.1, 0.15) is 0 Å². The number of aromatic nitrogens is 1. The molecule has 0 spiro atoms. The summed E-state index contributed by atoms with van der Waals surface area (Å²) in [6.07, 6.45) is 1.94. The first kappa shape index (κ1) is 15.6. The third-order valence-corrected chi connectivity index (χ3v) is 4.39. The van der Waals surface area contributed by atoms with Crippen molar-refractivity contribution in [3.05, 3.63) is 42.4 Å². The van der Waals surface area contributed by atoms with Crippen molar-refractivity contribution in [2.75, 3.05) is 18.8 Å². The molecule has 0 saturated carbocycles. The minimum atomic E-state index is -0.117. The zero-order valence-corrected chi connectivity index (χ0v) is 13.3. The molecule has 0 unspecified atom stereocenters. The average molecular weight is 331 g/mol. The lowest BCUT2D eigenvalue weighted by Crippen LogP contribution is -2.30. The Morgan fingerprint density at radius 1 is 1.35 bits per heavy atom. The van der Waals surface area contributed by atoms with E-state index in [2.05, 4.69) is 10.3 Å². The smallest absolute Gasteiger partial charge is 0.281 e. The summed E-state index contributed by atoms with van der Waals surface area (Å²) in [5.41, 5.74) is 0.947. The lowest BCUT2D eigenvalue weighted by atomic mass is 10.2. The molecule has 1 fully saturated rings. The van der Waals surface area contributed by atoms with Gasteiger partial charge in [0.15, 0.2) is 5.76 Å². The van der Waals surface area contributed by atoms with Crippen LogP contribution in [0.15, 0.2) is 40.9 Å². The molecule has 0 atom stereocenters. The van der Waals surface area contributed by atoms with Crippen LogP contribution in [0.5, 0.6) is 0 Å². The number of hydrogen-bond donors (Lipinski definition) is 1. The Bertz CT molecular complexity index is 687. The average Bonchev–Trinajstić information content (AvgIpc) is 3.21. The number of thioether (sulfide) groups is 1. The second-order valence-corrected chi connectivity index (χ2v) is 6.16. The SMILES string of the molecule is O=C(CCN1CCSC1=O)NCc1ncc(-c2ccccc2)o1. The highest BCUT2D eigenvalue weighted by Crippen LogP contribution is 2.19. The van der Waals surface area contributed by atoms with Crippen molar-refractivity contribution in [2.45, 2.75) is 13.0 Å². The minimum Gasteiger partial charge on any atom is -0.439 e. The van der Waals surface area contributed by atoms with E-state index in [-0.39, 0.29) is 17.7 Å². The van der Waals surface area contributed by atoms with E-state index in [1.54, 1.807) is 11.1 Å². The van der Waals surface area contributed by atoms with Crippen LogP contribution in [0.25, 0.3) is 11.3 Å². The summed E-state index contributed by atoms with van der Waals surface area (Å²) in [6.45, 7) is 1.42. The highest BCUT2D eigenvalue weighted by Gasteiger charge is 2.21. The summed E-state index contributed by atoms with van der Waals surface area (Å²) < 4.78 is 5.62. The monoisotopic (exact) mass is 331 g/mol. The molecule has 1 aliphatic rings. The van der Waals surface area contributed by atoms with Crippen LogP contribution in [0.4, 0.5) is 4.79 Å². The van der Waals surface area contributed by atoms with Crippen molar-refractivity contribution in [3.63, 3.8) is 0 Å². The molecule has 2 heterocycles. The summed E-state index contributed by atoms with van der Waals surface area (Å²) in [6, 6.07) is 9.67. The standard InChI is InChI=1S/C16H17N3O3S/c20-14(6-7-19-8-9-23-16(19)21)17-11-15-18-10-13(22-15)12-4-2-1-3-5-12/h1-5,10H,6-9,11H2,(H,17,20). The van der Waals surface area contributed by atoms with Crippen molar-refractivity contribution in [2.24, 2.45) is 0 Å². The number of rotatable bonds is 6. The highest BCUT2D eigenvalue weighted by molar-refractivity contribution is 8.13. The summed E-state index contributed by atoms with van der Waals surface area (Å²) >= 11 is 1.30. The van der Waals surface area contributed by atoms with Crippen LogP contribution in [-0.2, 0) is 11.3 Å². The third kappa shape index (κ3) is 4.13. The lowest BCUT2D eigenvalue weighted by molar-refractivity contribution is -0.121. The van der Waals surface area contributed by atoms with Gasteiger partial charge in [-0.15, -0.1) is 0 Å². The van der Waals surface area contributed by atoms with Crippen molar-refractivity contribution in [1.29, 1.82) is 0 Å². The van der Waals surface area contributed by atoms with Gasteiger partial charge in [-0.25, -0.2) is 4.98 Å². The molecule has 1 aliphatic heterocycles. The van der Waals surface area contributed by atoms with Gasteiger partial charge in [-0.05, 0) is 0 Å². The molecular weight excluding hydrogens is 314 g/mol. The van der Waals surface area contributed by atoms with Crippen LogP contribution in [0, 0.1) is 0 Å². The number of amides is 2. The van der Waals surface area contributed by atoms with Gasteiger partial charge in [0.2, 0.25) is 11.8 Å². The van der Waals surface area contributed by atoms with Gasteiger partial charge in [-0.3, -0.25) is 9.59 Å². The summed E-state index contributed by atoms with van der Waals surface area (Å²) in [5.74, 6) is 1.83. The molecule has 1 aromatic carbocycles. The number of hydrogen-bond acceptors (Lipinski definition) is 5. The highest BCUT2D eigenvalue weighted by atomic mass is 32.2. The van der Waals surface area contributed by atoms with Crippen LogP contribution < -0.4 is 5.32 Å². The van der Waals surface area contributed by atoms with E-state index in [0.29, 0.717) is 24.6 Å². The summed E-state index contributed by atoms with van der Waals surface area (Å²) in [5, 5.41) is 2.82. The zero-order chi connectivity index (χ0) is 16.1.